The van der Waals surface area contributed by atoms with Gasteiger partial charge in [0.1, 0.15) is 0 Å². The molecule has 22 heavy (non-hydrogen) atoms. The maximum absolute atomic E-state index is 12.4. The molecule has 2 amide bonds. The number of hydrogen-bond acceptors (Lipinski definition) is 4. The molecular weight excluding hydrogens is 286 g/mol. The number of nitrogens with zero attached hydrogens (tertiary/aromatic N) is 2. The van der Waals surface area contributed by atoms with Gasteiger partial charge in [0.2, 0.25) is 5.88 Å². The van der Waals surface area contributed by atoms with Gasteiger partial charge in [-0.05, 0) is 24.8 Å². The molecule has 1 saturated carbocycles. The number of carboxylic acid groups (broad SMARTS) is 1. The molecule has 2 fully saturated rings. The van der Waals surface area contributed by atoms with Crippen molar-refractivity contribution in [2.45, 2.75) is 19.3 Å². The van der Waals surface area contributed by atoms with Crippen molar-refractivity contribution >= 4 is 17.7 Å². The molecule has 2 heterocycles. The second-order valence-electron chi connectivity index (χ2n) is 5.95. The summed E-state index contributed by atoms with van der Waals surface area (Å²) < 4.78 is 5.02. The Labute approximate surface area is 128 Å². The van der Waals surface area contributed by atoms with Crippen molar-refractivity contribution in [3.05, 3.63) is 18.3 Å². The average molecular weight is 305 g/mol. The van der Waals surface area contributed by atoms with Crippen LogP contribution in [0.4, 0.5) is 10.5 Å². The number of nitrogens with one attached hydrogen (secondary N) is 1. The van der Waals surface area contributed by atoms with E-state index in [1.807, 2.05) is 0 Å². The number of aromatic nitrogens is 1. The highest BCUT2D eigenvalue weighted by Crippen LogP contribution is 2.48. The van der Waals surface area contributed by atoms with E-state index >= 15 is 0 Å². The van der Waals surface area contributed by atoms with Crippen molar-refractivity contribution in [3.8, 4) is 5.88 Å². The lowest BCUT2D eigenvalue weighted by molar-refractivity contribution is -0.149. The molecule has 0 unspecified atom stereocenters. The van der Waals surface area contributed by atoms with E-state index in [0.717, 1.165) is 12.8 Å². The SMILES string of the molecule is COc1cc(NC(=O)N2C[C@@H]3CCC[C@@]3(C(=O)O)C2)ccn1. The van der Waals surface area contributed by atoms with Crippen molar-refractivity contribution in [1.82, 2.24) is 9.88 Å². The number of amides is 2. The summed E-state index contributed by atoms with van der Waals surface area (Å²) in [5.74, 6) is -0.309. The van der Waals surface area contributed by atoms with Crippen LogP contribution in [0.5, 0.6) is 5.88 Å². The highest BCUT2D eigenvalue weighted by molar-refractivity contribution is 5.90. The standard InChI is InChI=1S/C15H19N3O4/c1-22-12-7-11(4-6-16-12)17-14(21)18-8-10-3-2-5-15(10,9-18)13(19)20/h4,6-7,10H,2-3,5,8-9H2,1H3,(H,19,20)(H,16,17,21)/t10-,15+/m0/s1. The number of likely N-dealkylation sites (tertiary alicyclic amines) is 1. The van der Waals surface area contributed by atoms with E-state index in [1.165, 1.54) is 7.11 Å². The first kappa shape index (κ1) is 14.6. The van der Waals surface area contributed by atoms with Gasteiger partial charge in [0.05, 0.1) is 12.5 Å². The predicted octanol–water partition coefficient (Wildman–Crippen LogP) is 1.81. The van der Waals surface area contributed by atoms with Gasteiger partial charge < -0.3 is 20.1 Å². The molecule has 0 radical (unpaired) electrons. The number of carbonyl (C=O) groups excluding carboxylic acids is 1. The first-order valence-corrected chi connectivity index (χ1v) is 7.34. The minimum atomic E-state index is -0.782. The monoisotopic (exact) mass is 305 g/mol. The topological polar surface area (TPSA) is 91.8 Å². The van der Waals surface area contributed by atoms with E-state index in [1.54, 1.807) is 23.2 Å². The molecule has 2 N–H and O–H groups in total. The third-order valence-electron chi connectivity index (χ3n) is 4.78. The van der Waals surface area contributed by atoms with E-state index in [2.05, 4.69) is 10.3 Å². The van der Waals surface area contributed by atoms with Gasteiger partial charge in [-0.25, -0.2) is 9.78 Å². The molecule has 1 aromatic rings. The third kappa shape index (κ3) is 2.36. The normalized spacial score (nSPS) is 26.6. The van der Waals surface area contributed by atoms with Gasteiger partial charge in [0, 0.05) is 31.0 Å². The second-order valence-corrected chi connectivity index (χ2v) is 5.95. The number of urea groups is 1. The van der Waals surface area contributed by atoms with E-state index in [9.17, 15) is 14.7 Å². The summed E-state index contributed by atoms with van der Waals surface area (Å²) in [7, 11) is 1.51. The Morgan fingerprint density at radius 2 is 2.36 bits per heavy atom. The van der Waals surface area contributed by atoms with Gasteiger partial charge in [-0.1, -0.05) is 6.42 Å². The number of pyridine rings is 1. The summed E-state index contributed by atoms with van der Waals surface area (Å²) in [5, 5.41) is 12.3. The number of anilines is 1. The van der Waals surface area contributed by atoms with E-state index in [4.69, 9.17) is 4.74 Å². The summed E-state index contributed by atoms with van der Waals surface area (Å²) in [6, 6.07) is 3.02. The van der Waals surface area contributed by atoms with Gasteiger partial charge in [0.25, 0.3) is 0 Å². The van der Waals surface area contributed by atoms with E-state index in [0.29, 0.717) is 24.5 Å². The smallest absolute Gasteiger partial charge is 0.321 e. The van der Waals surface area contributed by atoms with Crippen molar-refractivity contribution < 1.29 is 19.4 Å². The Balaban J connectivity index is 1.70. The Bertz CT molecular complexity index is 606. The van der Waals surface area contributed by atoms with E-state index in [-0.39, 0.29) is 18.5 Å². The Kier molecular flexibility index (Phi) is 3.64. The van der Waals surface area contributed by atoms with Crippen LogP contribution < -0.4 is 10.1 Å². The Morgan fingerprint density at radius 1 is 1.55 bits per heavy atom. The highest BCUT2D eigenvalue weighted by atomic mass is 16.5. The average Bonchev–Trinajstić information content (AvgIpc) is 3.05. The molecule has 3 rings (SSSR count). The van der Waals surface area contributed by atoms with Crippen LogP contribution in [0.3, 0.4) is 0 Å². The zero-order chi connectivity index (χ0) is 15.7. The quantitative estimate of drug-likeness (QED) is 0.888. The summed E-state index contributed by atoms with van der Waals surface area (Å²) in [4.78, 5) is 29.6. The lowest BCUT2D eigenvalue weighted by Gasteiger charge is -2.23. The molecule has 7 nitrogen and oxygen atoms in total. The lowest BCUT2D eigenvalue weighted by atomic mass is 9.81. The molecule has 0 bridgehead atoms. The zero-order valence-electron chi connectivity index (χ0n) is 12.4. The number of rotatable bonds is 3. The number of carboxylic acids is 1. The van der Waals surface area contributed by atoms with Crippen molar-refractivity contribution in [2.75, 3.05) is 25.5 Å². The van der Waals surface area contributed by atoms with Crippen molar-refractivity contribution in [1.29, 1.82) is 0 Å². The number of hydrogen-bond donors (Lipinski definition) is 2. The highest BCUT2D eigenvalue weighted by Gasteiger charge is 2.55. The van der Waals surface area contributed by atoms with Crippen LogP contribution in [-0.4, -0.2) is 47.2 Å². The molecule has 2 atom stereocenters. The van der Waals surface area contributed by atoms with Gasteiger partial charge in [-0.3, -0.25) is 4.79 Å². The summed E-state index contributed by atoms with van der Waals surface area (Å²) in [6.45, 7) is 0.779. The molecule has 1 aliphatic heterocycles. The maximum atomic E-state index is 12.4. The molecule has 1 aliphatic carbocycles. The van der Waals surface area contributed by atoms with Gasteiger partial charge in [-0.2, -0.15) is 0 Å². The van der Waals surface area contributed by atoms with Crippen LogP contribution in [0.25, 0.3) is 0 Å². The Hall–Kier alpha value is -2.31. The number of ether oxygens (including phenoxy) is 1. The first-order valence-electron chi connectivity index (χ1n) is 7.34. The fraction of sp³-hybridized carbons (Fsp3) is 0.533. The Morgan fingerprint density at radius 3 is 3.05 bits per heavy atom. The summed E-state index contributed by atoms with van der Waals surface area (Å²) in [5.41, 5.74) is -0.175. The molecule has 7 heteroatoms. The molecule has 0 aromatic carbocycles. The van der Waals surface area contributed by atoms with Crippen molar-refractivity contribution in [2.24, 2.45) is 11.3 Å². The molecular formula is C15H19N3O4. The molecule has 118 valence electrons. The predicted molar refractivity (Wildman–Crippen MR) is 78.8 cm³/mol. The largest absolute Gasteiger partial charge is 0.481 e. The molecule has 0 spiro atoms. The molecule has 1 saturated heterocycles. The number of aliphatic carboxylic acids is 1. The third-order valence-corrected chi connectivity index (χ3v) is 4.78. The number of carbonyl (C=O) groups is 2. The second kappa shape index (κ2) is 5.47. The van der Waals surface area contributed by atoms with E-state index < -0.39 is 11.4 Å². The van der Waals surface area contributed by atoms with Crippen LogP contribution in [0.2, 0.25) is 0 Å². The fourth-order valence-corrected chi connectivity index (χ4v) is 3.59. The van der Waals surface area contributed by atoms with Gasteiger partial charge >= 0.3 is 12.0 Å². The maximum Gasteiger partial charge on any atom is 0.321 e. The van der Waals surface area contributed by atoms with Gasteiger partial charge in [-0.15, -0.1) is 0 Å². The lowest BCUT2D eigenvalue weighted by Crippen LogP contribution is -2.38. The van der Waals surface area contributed by atoms with Gasteiger partial charge in [0.15, 0.2) is 0 Å². The van der Waals surface area contributed by atoms with Crippen LogP contribution in [0.1, 0.15) is 19.3 Å². The number of fused-ring (bicyclic) bond motifs is 1. The van der Waals surface area contributed by atoms with Crippen LogP contribution in [0, 0.1) is 11.3 Å². The molecule has 1 aromatic heterocycles. The molecule has 2 aliphatic rings. The number of methoxy groups -OCH3 is 1. The summed E-state index contributed by atoms with van der Waals surface area (Å²) in [6.07, 6.45) is 4.00. The minimum Gasteiger partial charge on any atom is -0.481 e. The van der Waals surface area contributed by atoms with Crippen molar-refractivity contribution in [3.63, 3.8) is 0 Å². The van der Waals surface area contributed by atoms with Crippen LogP contribution in [0.15, 0.2) is 18.3 Å². The summed E-state index contributed by atoms with van der Waals surface area (Å²) >= 11 is 0. The minimum absolute atomic E-state index is 0.0581. The first-order chi connectivity index (χ1) is 10.5. The fourth-order valence-electron chi connectivity index (χ4n) is 3.59. The van der Waals surface area contributed by atoms with Crippen LogP contribution in [-0.2, 0) is 4.79 Å². The van der Waals surface area contributed by atoms with Crippen LogP contribution >= 0.6 is 0 Å². The zero-order valence-corrected chi connectivity index (χ0v) is 12.4.